The lowest BCUT2D eigenvalue weighted by Crippen LogP contribution is -2.17. The SMILES string of the molecule is Cc1noc(C)c1CSc1nc2ccc(NC(=O)c3c([N+](=O)[O-])c(C)nn3C)cc2s1. The first-order valence-corrected chi connectivity index (χ1v) is 11.0. The van der Waals surface area contributed by atoms with Crippen molar-refractivity contribution in [1.29, 1.82) is 0 Å². The molecule has 0 unspecified atom stereocenters. The number of nitro groups is 1. The van der Waals surface area contributed by atoms with Gasteiger partial charge in [0.05, 0.1) is 20.8 Å². The van der Waals surface area contributed by atoms with E-state index in [1.165, 1.54) is 30.0 Å². The number of benzene rings is 1. The second-order valence-electron chi connectivity index (χ2n) is 6.87. The largest absolute Gasteiger partial charge is 0.361 e. The van der Waals surface area contributed by atoms with Crippen LogP contribution in [-0.4, -0.2) is 30.8 Å². The molecule has 3 aromatic heterocycles. The summed E-state index contributed by atoms with van der Waals surface area (Å²) in [5, 5.41) is 22.0. The highest BCUT2D eigenvalue weighted by Crippen LogP contribution is 2.34. The smallest absolute Gasteiger partial charge is 0.322 e. The average Bonchev–Trinajstić information content (AvgIpc) is 3.34. The van der Waals surface area contributed by atoms with E-state index in [4.69, 9.17) is 4.52 Å². The van der Waals surface area contributed by atoms with Crippen molar-refractivity contribution in [3.63, 3.8) is 0 Å². The lowest BCUT2D eigenvalue weighted by Gasteiger charge is -2.05. The van der Waals surface area contributed by atoms with E-state index in [9.17, 15) is 14.9 Å². The number of anilines is 1. The molecule has 4 rings (SSSR count). The Morgan fingerprint density at radius 1 is 1.32 bits per heavy atom. The summed E-state index contributed by atoms with van der Waals surface area (Å²) in [6, 6.07) is 5.34. The highest BCUT2D eigenvalue weighted by atomic mass is 32.2. The van der Waals surface area contributed by atoms with Crippen LogP contribution in [0.15, 0.2) is 27.1 Å². The third-order valence-corrected chi connectivity index (χ3v) is 6.92. The Labute approximate surface area is 184 Å². The van der Waals surface area contributed by atoms with Crippen LogP contribution < -0.4 is 5.32 Å². The van der Waals surface area contributed by atoms with Crippen LogP contribution in [-0.2, 0) is 12.8 Å². The number of nitrogens with zero attached hydrogens (tertiary/aromatic N) is 5. The summed E-state index contributed by atoms with van der Waals surface area (Å²) in [5.74, 6) is 0.913. The number of carbonyl (C=O) groups is 1. The first-order chi connectivity index (χ1) is 14.7. The number of amides is 1. The van der Waals surface area contributed by atoms with Crippen molar-refractivity contribution in [3.8, 4) is 0 Å². The van der Waals surface area contributed by atoms with Crippen molar-refractivity contribution in [2.45, 2.75) is 30.9 Å². The third kappa shape index (κ3) is 4.03. The van der Waals surface area contributed by atoms with Gasteiger partial charge in [0, 0.05) is 24.1 Å². The van der Waals surface area contributed by atoms with Crippen molar-refractivity contribution in [2.75, 3.05) is 5.32 Å². The van der Waals surface area contributed by atoms with Crippen LogP contribution >= 0.6 is 23.1 Å². The van der Waals surface area contributed by atoms with Crippen LogP contribution in [0.1, 0.15) is 33.2 Å². The van der Waals surface area contributed by atoms with Crippen LogP contribution in [0, 0.1) is 30.9 Å². The molecule has 0 atom stereocenters. The van der Waals surface area contributed by atoms with Crippen molar-refractivity contribution < 1.29 is 14.2 Å². The second-order valence-corrected chi connectivity index (χ2v) is 9.12. The third-order valence-electron chi connectivity index (χ3n) is 4.74. The van der Waals surface area contributed by atoms with E-state index in [-0.39, 0.29) is 17.1 Å². The minimum atomic E-state index is -0.591. The number of aryl methyl sites for hydroxylation is 4. The second kappa shape index (κ2) is 8.12. The number of thioether (sulfide) groups is 1. The molecule has 0 aliphatic carbocycles. The van der Waals surface area contributed by atoms with E-state index < -0.39 is 10.8 Å². The molecule has 0 aliphatic rings. The van der Waals surface area contributed by atoms with Crippen molar-refractivity contribution in [2.24, 2.45) is 7.05 Å². The van der Waals surface area contributed by atoms with Gasteiger partial charge in [0.1, 0.15) is 11.5 Å². The quantitative estimate of drug-likeness (QED) is 0.256. The monoisotopic (exact) mass is 458 g/mol. The number of carbonyl (C=O) groups excluding carboxylic acids is 1. The number of thiazole rings is 1. The Hall–Kier alpha value is -3.25. The van der Waals surface area contributed by atoms with Gasteiger partial charge in [-0.15, -0.1) is 11.3 Å². The van der Waals surface area contributed by atoms with E-state index in [0.717, 1.165) is 31.6 Å². The molecule has 31 heavy (non-hydrogen) atoms. The van der Waals surface area contributed by atoms with Gasteiger partial charge in [0.2, 0.25) is 5.69 Å². The van der Waals surface area contributed by atoms with Gasteiger partial charge < -0.3 is 9.84 Å². The molecule has 0 radical (unpaired) electrons. The minimum absolute atomic E-state index is 0.0948. The Balaban J connectivity index is 1.54. The Bertz CT molecular complexity index is 1300. The van der Waals surface area contributed by atoms with Gasteiger partial charge in [-0.2, -0.15) is 5.10 Å². The van der Waals surface area contributed by atoms with Gasteiger partial charge in [-0.25, -0.2) is 4.98 Å². The minimum Gasteiger partial charge on any atom is -0.361 e. The van der Waals surface area contributed by atoms with Crippen molar-refractivity contribution in [3.05, 3.63) is 56.7 Å². The molecule has 160 valence electrons. The molecule has 0 bridgehead atoms. The molecular weight excluding hydrogens is 440 g/mol. The van der Waals surface area contributed by atoms with Crippen LogP contribution in [0.5, 0.6) is 0 Å². The summed E-state index contributed by atoms with van der Waals surface area (Å²) >= 11 is 3.10. The molecule has 0 aliphatic heterocycles. The molecule has 10 nitrogen and oxygen atoms in total. The van der Waals surface area contributed by atoms with Crippen LogP contribution in [0.2, 0.25) is 0 Å². The predicted octanol–water partition coefficient (Wildman–Crippen LogP) is 4.40. The van der Waals surface area contributed by atoms with E-state index in [1.807, 2.05) is 19.9 Å². The number of aromatic nitrogens is 4. The number of hydrogen-bond donors (Lipinski definition) is 1. The van der Waals surface area contributed by atoms with Crippen LogP contribution in [0.25, 0.3) is 10.2 Å². The molecular formula is C19H18N6O4S2. The van der Waals surface area contributed by atoms with Gasteiger partial charge >= 0.3 is 5.69 Å². The molecule has 1 aromatic carbocycles. The van der Waals surface area contributed by atoms with Crippen molar-refractivity contribution >= 4 is 50.6 Å². The standard InChI is InChI=1S/C19H18N6O4S2/c1-9-13(11(3)29-23-9)8-30-19-21-14-6-5-12(7-15(14)31-19)20-18(26)17-16(25(27)28)10(2)22-24(17)4/h5-7H,8H2,1-4H3,(H,20,26). The summed E-state index contributed by atoms with van der Waals surface area (Å²) in [6.45, 7) is 5.30. The molecule has 4 aromatic rings. The number of rotatable bonds is 6. The number of hydrogen-bond acceptors (Lipinski definition) is 9. The summed E-state index contributed by atoms with van der Waals surface area (Å²) < 4.78 is 8.20. The maximum absolute atomic E-state index is 12.7. The summed E-state index contributed by atoms with van der Waals surface area (Å²) in [4.78, 5) is 28.1. The Morgan fingerprint density at radius 3 is 2.77 bits per heavy atom. The zero-order chi connectivity index (χ0) is 22.3. The van der Waals surface area contributed by atoms with E-state index in [2.05, 4.69) is 20.6 Å². The zero-order valence-electron chi connectivity index (χ0n) is 17.1. The summed E-state index contributed by atoms with van der Waals surface area (Å²) in [7, 11) is 1.50. The van der Waals surface area contributed by atoms with Crippen LogP contribution in [0.4, 0.5) is 11.4 Å². The summed E-state index contributed by atoms with van der Waals surface area (Å²) in [6.07, 6.45) is 0. The van der Waals surface area contributed by atoms with E-state index >= 15 is 0 Å². The fraction of sp³-hybridized carbons (Fsp3) is 0.263. The first kappa shape index (κ1) is 21.0. The predicted molar refractivity (Wildman–Crippen MR) is 118 cm³/mol. The molecule has 0 spiro atoms. The Morgan fingerprint density at radius 2 is 2.10 bits per heavy atom. The van der Waals surface area contributed by atoms with E-state index in [0.29, 0.717) is 11.4 Å². The molecule has 1 amide bonds. The lowest BCUT2D eigenvalue weighted by molar-refractivity contribution is -0.385. The maximum atomic E-state index is 12.7. The van der Waals surface area contributed by atoms with Crippen LogP contribution in [0.3, 0.4) is 0 Å². The number of nitrogens with one attached hydrogen (secondary N) is 1. The topological polar surface area (TPSA) is 129 Å². The van der Waals surface area contributed by atoms with E-state index in [1.54, 1.807) is 23.9 Å². The fourth-order valence-corrected chi connectivity index (χ4v) is 5.46. The van der Waals surface area contributed by atoms with Gasteiger partial charge in [0.25, 0.3) is 5.91 Å². The van der Waals surface area contributed by atoms with Gasteiger partial charge in [-0.3, -0.25) is 19.6 Å². The molecule has 12 heteroatoms. The lowest BCUT2D eigenvalue weighted by atomic mass is 10.2. The summed E-state index contributed by atoms with van der Waals surface area (Å²) in [5.41, 5.74) is 3.07. The number of fused-ring (bicyclic) bond motifs is 1. The average molecular weight is 459 g/mol. The van der Waals surface area contributed by atoms with Crippen molar-refractivity contribution in [1.82, 2.24) is 19.9 Å². The molecule has 1 N–H and O–H groups in total. The van der Waals surface area contributed by atoms with Gasteiger partial charge in [-0.05, 0) is 39.0 Å². The highest BCUT2D eigenvalue weighted by molar-refractivity contribution is 8.00. The molecule has 0 saturated heterocycles. The normalized spacial score (nSPS) is 11.2. The molecule has 0 saturated carbocycles. The Kier molecular flexibility index (Phi) is 5.50. The van der Waals surface area contributed by atoms with Gasteiger partial charge in [-0.1, -0.05) is 16.9 Å². The van der Waals surface area contributed by atoms with Gasteiger partial charge in [0.15, 0.2) is 4.34 Å². The maximum Gasteiger partial charge on any atom is 0.322 e. The fourth-order valence-electron chi connectivity index (χ4n) is 3.20. The highest BCUT2D eigenvalue weighted by Gasteiger charge is 2.29. The first-order valence-electron chi connectivity index (χ1n) is 9.19. The zero-order valence-corrected chi connectivity index (χ0v) is 18.8. The molecule has 0 fully saturated rings. The molecule has 3 heterocycles.